The molecule has 0 unspecified atom stereocenters. The summed E-state index contributed by atoms with van der Waals surface area (Å²) < 4.78 is 15.0. The number of anilines is 2. The van der Waals surface area contributed by atoms with Crippen molar-refractivity contribution >= 4 is 33.6 Å². The van der Waals surface area contributed by atoms with E-state index in [0.717, 1.165) is 48.2 Å². The van der Waals surface area contributed by atoms with Gasteiger partial charge in [-0.15, -0.1) is 0 Å². The summed E-state index contributed by atoms with van der Waals surface area (Å²) in [5, 5.41) is 1.48. The van der Waals surface area contributed by atoms with Crippen molar-refractivity contribution in [2.75, 3.05) is 49.2 Å². The minimum Gasteiger partial charge on any atom is -0.490 e. The SMILES string of the molecule is CCCN(CCC)c1nc(N2CCC(n3c(=O)c4cc(C)ccc4n(C)c3=O)CC2)c2cc(OCC)c(OCC)cc2n1. The molecule has 1 saturated heterocycles. The predicted molar refractivity (Wildman–Crippen MR) is 173 cm³/mol. The Morgan fingerprint density at radius 1 is 0.884 bits per heavy atom. The van der Waals surface area contributed by atoms with Gasteiger partial charge in [-0.2, -0.15) is 4.98 Å². The van der Waals surface area contributed by atoms with Gasteiger partial charge >= 0.3 is 5.69 Å². The molecule has 0 atom stereocenters. The average molecular weight is 589 g/mol. The Hall–Kier alpha value is -4.08. The molecule has 43 heavy (non-hydrogen) atoms. The first kappa shape index (κ1) is 30.4. The number of ether oxygens (including phenoxy) is 2. The number of hydrogen-bond donors (Lipinski definition) is 0. The van der Waals surface area contributed by atoms with Gasteiger partial charge in [0.25, 0.3) is 5.56 Å². The highest BCUT2D eigenvalue weighted by Gasteiger charge is 2.28. The standard InChI is InChI=1S/C33H44N6O4/c1-7-15-38(16-8-2)32-34-26-21-29(43-10-4)28(42-9-3)20-24(26)30(35-32)37-17-13-23(14-18-37)39-31(40)25-19-22(5)11-12-27(25)36(6)33(39)41/h11-12,19-21,23H,7-10,13-18H2,1-6H3. The monoisotopic (exact) mass is 588 g/mol. The first-order valence-corrected chi connectivity index (χ1v) is 15.6. The van der Waals surface area contributed by atoms with Gasteiger partial charge in [0, 0.05) is 50.7 Å². The second-order valence-electron chi connectivity index (χ2n) is 11.3. The Kier molecular flexibility index (Phi) is 9.22. The molecule has 1 aliphatic rings. The van der Waals surface area contributed by atoms with Crippen LogP contribution in [0.5, 0.6) is 11.5 Å². The summed E-state index contributed by atoms with van der Waals surface area (Å²) in [6, 6.07) is 9.42. The number of hydrogen-bond acceptors (Lipinski definition) is 8. The topological polar surface area (TPSA) is 94.7 Å². The maximum Gasteiger partial charge on any atom is 0.331 e. The van der Waals surface area contributed by atoms with Crippen molar-refractivity contribution in [3.8, 4) is 11.5 Å². The molecule has 0 aliphatic carbocycles. The number of rotatable bonds is 11. The number of aryl methyl sites for hydroxylation is 2. The van der Waals surface area contributed by atoms with E-state index in [9.17, 15) is 9.59 Å². The van der Waals surface area contributed by atoms with Gasteiger partial charge in [-0.3, -0.25) is 13.9 Å². The number of aromatic nitrogens is 4. The number of piperidine rings is 1. The normalized spacial score (nSPS) is 14.0. The molecule has 4 aromatic rings. The molecule has 0 saturated carbocycles. The Morgan fingerprint density at radius 2 is 1.53 bits per heavy atom. The van der Waals surface area contributed by atoms with E-state index in [-0.39, 0.29) is 17.3 Å². The van der Waals surface area contributed by atoms with Crippen LogP contribution in [0.25, 0.3) is 21.8 Å². The minimum atomic E-state index is -0.269. The van der Waals surface area contributed by atoms with E-state index >= 15 is 0 Å². The quantitative estimate of drug-likeness (QED) is 0.236. The Balaban J connectivity index is 1.55. The molecule has 0 spiro atoms. The van der Waals surface area contributed by atoms with Crippen molar-refractivity contribution in [3.63, 3.8) is 0 Å². The maximum absolute atomic E-state index is 13.6. The molecule has 0 N–H and O–H groups in total. The highest BCUT2D eigenvalue weighted by molar-refractivity contribution is 5.93. The third-order valence-electron chi connectivity index (χ3n) is 8.18. The smallest absolute Gasteiger partial charge is 0.331 e. The summed E-state index contributed by atoms with van der Waals surface area (Å²) >= 11 is 0. The van der Waals surface area contributed by atoms with E-state index in [2.05, 4.69) is 23.6 Å². The largest absolute Gasteiger partial charge is 0.490 e. The highest BCUT2D eigenvalue weighted by Crippen LogP contribution is 2.38. The second kappa shape index (κ2) is 13.1. The lowest BCUT2D eigenvalue weighted by atomic mass is 10.0. The molecule has 0 amide bonds. The van der Waals surface area contributed by atoms with Crippen LogP contribution in [0.2, 0.25) is 0 Å². The summed E-state index contributed by atoms with van der Waals surface area (Å²) in [5.41, 5.74) is 1.98. The van der Waals surface area contributed by atoms with Crippen LogP contribution < -0.4 is 30.5 Å². The minimum absolute atomic E-state index is 0.194. The van der Waals surface area contributed by atoms with Crippen molar-refractivity contribution in [3.05, 3.63) is 56.7 Å². The van der Waals surface area contributed by atoms with Gasteiger partial charge in [0.15, 0.2) is 11.5 Å². The molecule has 10 heteroatoms. The van der Waals surface area contributed by atoms with Gasteiger partial charge in [0.2, 0.25) is 5.95 Å². The van der Waals surface area contributed by atoms with Crippen molar-refractivity contribution in [1.82, 2.24) is 19.1 Å². The van der Waals surface area contributed by atoms with E-state index in [1.165, 1.54) is 4.57 Å². The molecule has 1 aliphatic heterocycles. The van der Waals surface area contributed by atoms with Gasteiger partial charge in [0.05, 0.1) is 29.6 Å². The fraction of sp³-hybridized carbons (Fsp3) is 0.515. The number of nitrogens with zero attached hydrogens (tertiary/aromatic N) is 6. The molecule has 1 fully saturated rings. The maximum atomic E-state index is 13.6. The summed E-state index contributed by atoms with van der Waals surface area (Å²) in [6.07, 6.45) is 3.28. The van der Waals surface area contributed by atoms with Gasteiger partial charge < -0.3 is 19.3 Å². The van der Waals surface area contributed by atoms with Crippen LogP contribution in [0.4, 0.5) is 11.8 Å². The van der Waals surface area contributed by atoms with Gasteiger partial charge in [-0.05, 0) is 64.7 Å². The summed E-state index contributed by atoms with van der Waals surface area (Å²) in [5.74, 6) is 2.89. The molecule has 10 nitrogen and oxygen atoms in total. The lowest BCUT2D eigenvalue weighted by Crippen LogP contribution is -2.45. The number of benzene rings is 2. The van der Waals surface area contributed by atoms with Crippen LogP contribution in [0, 0.1) is 6.92 Å². The Labute approximate surface area is 252 Å². The fourth-order valence-corrected chi connectivity index (χ4v) is 6.13. The summed E-state index contributed by atoms with van der Waals surface area (Å²) in [7, 11) is 1.74. The zero-order valence-electron chi connectivity index (χ0n) is 26.4. The van der Waals surface area contributed by atoms with Gasteiger partial charge in [-0.25, -0.2) is 9.78 Å². The molecule has 230 valence electrons. The van der Waals surface area contributed by atoms with E-state index in [1.807, 2.05) is 51.1 Å². The first-order chi connectivity index (χ1) is 20.8. The third-order valence-corrected chi connectivity index (χ3v) is 8.18. The second-order valence-corrected chi connectivity index (χ2v) is 11.3. The average Bonchev–Trinajstić information content (AvgIpc) is 3.00. The van der Waals surface area contributed by atoms with Crippen LogP contribution in [0.3, 0.4) is 0 Å². The van der Waals surface area contributed by atoms with Crippen molar-refractivity contribution in [1.29, 1.82) is 0 Å². The lowest BCUT2D eigenvalue weighted by molar-refractivity contribution is 0.288. The predicted octanol–water partition coefficient (Wildman–Crippen LogP) is 5.22. The van der Waals surface area contributed by atoms with Crippen LogP contribution in [0.15, 0.2) is 39.9 Å². The molecule has 0 bridgehead atoms. The van der Waals surface area contributed by atoms with Crippen LogP contribution >= 0.6 is 0 Å². The van der Waals surface area contributed by atoms with Crippen LogP contribution in [-0.4, -0.2) is 58.5 Å². The summed E-state index contributed by atoms with van der Waals surface area (Å²) in [6.45, 7) is 14.3. The third kappa shape index (κ3) is 5.92. The fourth-order valence-electron chi connectivity index (χ4n) is 6.13. The molecule has 2 aromatic heterocycles. The zero-order chi connectivity index (χ0) is 30.7. The van der Waals surface area contributed by atoms with Gasteiger partial charge in [0.1, 0.15) is 5.82 Å². The first-order valence-electron chi connectivity index (χ1n) is 15.6. The number of fused-ring (bicyclic) bond motifs is 2. The molecule has 2 aromatic carbocycles. The van der Waals surface area contributed by atoms with E-state index in [1.54, 1.807) is 11.6 Å². The van der Waals surface area contributed by atoms with Crippen molar-refractivity contribution < 1.29 is 9.47 Å². The van der Waals surface area contributed by atoms with Gasteiger partial charge in [-0.1, -0.05) is 25.5 Å². The molecule has 0 radical (unpaired) electrons. The summed E-state index contributed by atoms with van der Waals surface area (Å²) in [4.78, 5) is 41.6. The molecular weight excluding hydrogens is 544 g/mol. The lowest BCUT2D eigenvalue weighted by Gasteiger charge is -2.34. The Bertz CT molecular complexity index is 1720. The van der Waals surface area contributed by atoms with Crippen molar-refractivity contribution in [2.45, 2.75) is 66.3 Å². The van der Waals surface area contributed by atoms with Crippen LogP contribution in [-0.2, 0) is 7.05 Å². The van der Waals surface area contributed by atoms with Crippen molar-refractivity contribution in [2.24, 2.45) is 7.05 Å². The van der Waals surface area contributed by atoms with E-state index < -0.39 is 0 Å². The zero-order valence-corrected chi connectivity index (χ0v) is 26.4. The Morgan fingerprint density at radius 3 is 2.16 bits per heavy atom. The highest BCUT2D eigenvalue weighted by atomic mass is 16.5. The van der Waals surface area contributed by atoms with E-state index in [4.69, 9.17) is 19.4 Å². The molecule has 3 heterocycles. The van der Waals surface area contributed by atoms with Crippen LogP contribution in [0.1, 0.15) is 65.0 Å². The molecular formula is C33H44N6O4. The molecule has 5 rings (SSSR count). The van der Waals surface area contributed by atoms with E-state index in [0.29, 0.717) is 67.5 Å².